The zero-order valence-corrected chi connectivity index (χ0v) is 20.7. The summed E-state index contributed by atoms with van der Waals surface area (Å²) in [5.41, 5.74) is 3.86. The fourth-order valence-corrected chi connectivity index (χ4v) is 4.61. The summed E-state index contributed by atoms with van der Waals surface area (Å²) in [6, 6.07) is 15.8. The average Bonchev–Trinajstić information content (AvgIpc) is 3.06. The largest absolute Gasteiger partial charge is 0.326 e. The summed E-state index contributed by atoms with van der Waals surface area (Å²) < 4.78 is 0. The number of thiazole rings is 1. The van der Waals surface area contributed by atoms with Gasteiger partial charge in [0.15, 0.2) is 5.13 Å². The van der Waals surface area contributed by atoms with Crippen LogP contribution in [-0.4, -0.2) is 22.6 Å². The second kappa shape index (κ2) is 10.3. The molecule has 0 saturated carbocycles. The molecule has 0 fully saturated rings. The first-order chi connectivity index (χ1) is 15.1. The third-order valence-electron chi connectivity index (χ3n) is 4.57. The van der Waals surface area contributed by atoms with Gasteiger partial charge < -0.3 is 10.6 Å². The van der Waals surface area contributed by atoms with E-state index in [-0.39, 0.29) is 23.0 Å². The highest BCUT2D eigenvalue weighted by molar-refractivity contribution is 8.00. The molecule has 0 radical (unpaired) electrons. The van der Waals surface area contributed by atoms with Gasteiger partial charge in [0.25, 0.3) is 0 Å². The molecule has 2 amide bonds. The van der Waals surface area contributed by atoms with Crippen LogP contribution in [0.1, 0.15) is 37.6 Å². The molecule has 7 heteroatoms. The summed E-state index contributed by atoms with van der Waals surface area (Å²) in [5.74, 6) is 0.191. The van der Waals surface area contributed by atoms with Crippen LogP contribution < -0.4 is 10.6 Å². The van der Waals surface area contributed by atoms with Gasteiger partial charge in [-0.25, -0.2) is 4.98 Å². The van der Waals surface area contributed by atoms with E-state index in [4.69, 9.17) is 0 Å². The topological polar surface area (TPSA) is 71.1 Å². The summed E-state index contributed by atoms with van der Waals surface area (Å²) in [4.78, 5) is 31.1. The SMILES string of the molecule is Cc1ccc(-c2nc(NC(=O)CSc3ccc(NC(=O)CC(C)(C)C)cc3)sc2C)cc1. The lowest BCUT2D eigenvalue weighted by atomic mass is 9.92. The zero-order chi connectivity index (χ0) is 23.3. The maximum absolute atomic E-state index is 12.4. The number of benzene rings is 2. The van der Waals surface area contributed by atoms with E-state index in [2.05, 4.69) is 34.7 Å². The van der Waals surface area contributed by atoms with Gasteiger partial charge in [-0.15, -0.1) is 23.1 Å². The Morgan fingerprint density at radius 1 is 0.938 bits per heavy atom. The summed E-state index contributed by atoms with van der Waals surface area (Å²) in [7, 11) is 0. The molecule has 5 nitrogen and oxygen atoms in total. The van der Waals surface area contributed by atoms with Gasteiger partial charge in [0.05, 0.1) is 11.4 Å². The van der Waals surface area contributed by atoms with Crippen molar-refractivity contribution in [2.75, 3.05) is 16.4 Å². The van der Waals surface area contributed by atoms with E-state index in [0.717, 1.165) is 26.7 Å². The quantitative estimate of drug-likeness (QED) is 0.387. The van der Waals surface area contributed by atoms with Crippen LogP contribution in [0.15, 0.2) is 53.4 Å². The van der Waals surface area contributed by atoms with E-state index in [1.165, 1.54) is 28.7 Å². The molecule has 0 aliphatic rings. The maximum Gasteiger partial charge on any atom is 0.236 e. The second-order valence-corrected chi connectivity index (χ2v) is 11.2. The van der Waals surface area contributed by atoms with Crippen molar-refractivity contribution in [1.29, 1.82) is 0 Å². The fourth-order valence-electron chi connectivity index (χ4n) is 3.05. The first-order valence-electron chi connectivity index (χ1n) is 10.5. The number of aromatic nitrogens is 1. The average molecular weight is 468 g/mol. The van der Waals surface area contributed by atoms with Crippen LogP contribution >= 0.6 is 23.1 Å². The molecular formula is C25H29N3O2S2. The monoisotopic (exact) mass is 467 g/mol. The van der Waals surface area contributed by atoms with Crippen LogP contribution in [0.25, 0.3) is 11.3 Å². The molecule has 2 N–H and O–H groups in total. The van der Waals surface area contributed by atoms with Crippen molar-refractivity contribution < 1.29 is 9.59 Å². The molecule has 0 bridgehead atoms. The van der Waals surface area contributed by atoms with E-state index in [0.29, 0.717) is 11.6 Å². The Morgan fingerprint density at radius 2 is 1.59 bits per heavy atom. The van der Waals surface area contributed by atoms with Gasteiger partial charge in [-0.1, -0.05) is 50.6 Å². The predicted octanol–water partition coefficient (Wildman–Crippen LogP) is 6.53. The molecule has 0 unspecified atom stereocenters. The van der Waals surface area contributed by atoms with Gasteiger partial charge in [0, 0.05) is 27.4 Å². The highest BCUT2D eigenvalue weighted by Crippen LogP contribution is 2.31. The summed E-state index contributed by atoms with van der Waals surface area (Å²) >= 11 is 2.93. The number of aryl methyl sites for hydroxylation is 2. The fraction of sp³-hybridized carbons (Fsp3) is 0.320. The summed E-state index contributed by atoms with van der Waals surface area (Å²) in [6.45, 7) is 10.2. The lowest BCUT2D eigenvalue weighted by molar-refractivity contribution is -0.118. The van der Waals surface area contributed by atoms with Crippen molar-refractivity contribution in [2.45, 2.75) is 45.9 Å². The Hall–Kier alpha value is -2.64. The van der Waals surface area contributed by atoms with Gasteiger partial charge >= 0.3 is 0 Å². The van der Waals surface area contributed by atoms with E-state index in [1.807, 2.05) is 64.1 Å². The molecular weight excluding hydrogens is 438 g/mol. The van der Waals surface area contributed by atoms with Crippen LogP contribution in [0, 0.1) is 19.3 Å². The minimum Gasteiger partial charge on any atom is -0.326 e. The number of carbonyl (C=O) groups is 2. The van der Waals surface area contributed by atoms with E-state index >= 15 is 0 Å². The standard InChI is InChI=1S/C25H29N3O2S2/c1-16-6-8-18(9-7-16)23-17(2)32-24(28-23)27-22(30)15-31-20-12-10-19(11-13-20)26-21(29)14-25(3,4)5/h6-13H,14-15H2,1-5H3,(H,26,29)(H,27,28,30). The molecule has 2 aromatic carbocycles. The molecule has 3 rings (SSSR count). The number of hydrogen-bond acceptors (Lipinski definition) is 5. The number of rotatable bonds is 7. The third-order valence-corrected chi connectivity index (χ3v) is 6.47. The number of thioether (sulfide) groups is 1. The Labute approximate surface area is 198 Å². The summed E-state index contributed by atoms with van der Waals surface area (Å²) in [5, 5.41) is 6.43. The number of carbonyl (C=O) groups excluding carboxylic acids is 2. The molecule has 0 spiro atoms. The molecule has 0 aliphatic heterocycles. The molecule has 1 heterocycles. The van der Waals surface area contributed by atoms with Gasteiger partial charge in [0.2, 0.25) is 11.8 Å². The van der Waals surface area contributed by atoms with Crippen molar-refractivity contribution in [3.05, 3.63) is 59.0 Å². The van der Waals surface area contributed by atoms with Gasteiger partial charge in [0.1, 0.15) is 0 Å². The van der Waals surface area contributed by atoms with Crippen molar-refractivity contribution in [1.82, 2.24) is 4.98 Å². The van der Waals surface area contributed by atoms with Crippen molar-refractivity contribution >= 4 is 45.7 Å². The predicted molar refractivity (Wildman–Crippen MR) is 136 cm³/mol. The Morgan fingerprint density at radius 3 is 2.22 bits per heavy atom. The van der Waals surface area contributed by atoms with Gasteiger partial charge in [-0.3, -0.25) is 9.59 Å². The first-order valence-corrected chi connectivity index (χ1v) is 12.3. The molecule has 168 valence electrons. The molecule has 32 heavy (non-hydrogen) atoms. The van der Waals surface area contributed by atoms with E-state index in [1.54, 1.807) is 0 Å². The maximum atomic E-state index is 12.4. The van der Waals surface area contributed by atoms with E-state index in [9.17, 15) is 9.59 Å². The second-order valence-electron chi connectivity index (χ2n) is 8.94. The minimum atomic E-state index is -0.0956. The van der Waals surface area contributed by atoms with Gasteiger partial charge in [-0.2, -0.15) is 0 Å². The van der Waals surface area contributed by atoms with Crippen molar-refractivity contribution in [2.24, 2.45) is 5.41 Å². The molecule has 1 aromatic heterocycles. The lowest BCUT2D eigenvalue weighted by Gasteiger charge is -2.17. The van der Waals surface area contributed by atoms with Crippen LogP contribution in [0.2, 0.25) is 0 Å². The molecule has 0 atom stereocenters. The first kappa shape index (κ1) is 24.0. The molecule has 3 aromatic rings. The number of amides is 2. The third kappa shape index (κ3) is 7.21. The van der Waals surface area contributed by atoms with Crippen LogP contribution in [0.4, 0.5) is 10.8 Å². The molecule has 0 aliphatic carbocycles. The number of anilines is 2. The zero-order valence-electron chi connectivity index (χ0n) is 19.1. The minimum absolute atomic E-state index is 0.000952. The Balaban J connectivity index is 1.51. The smallest absolute Gasteiger partial charge is 0.236 e. The normalized spacial score (nSPS) is 11.3. The Kier molecular flexibility index (Phi) is 7.74. The van der Waals surface area contributed by atoms with Gasteiger partial charge in [-0.05, 0) is 43.5 Å². The van der Waals surface area contributed by atoms with Crippen LogP contribution in [0.3, 0.4) is 0 Å². The van der Waals surface area contributed by atoms with Crippen molar-refractivity contribution in [3.63, 3.8) is 0 Å². The summed E-state index contributed by atoms with van der Waals surface area (Å²) in [6.07, 6.45) is 0.464. The van der Waals surface area contributed by atoms with Crippen LogP contribution in [-0.2, 0) is 9.59 Å². The number of hydrogen-bond donors (Lipinski definition) is 2. The number of nitrogens with zero attached hydrogens (tertiary/aromatic N) is 1. The number of nitrogens with one attached hydrogen (secondary N) is 2. The lowest BCUT2D eigenvalue weighted by Crippen LogP contribution is -2.19. The molecule has 0 saturated heterocycles. The van der Waals surface area contributed by atoms with E-state index < -0.39 is 0 Å². The van der Waals surface area contributed by atoms with Crippen LogP contribution in [0.5, 0.6) is 0 Å². The highest BCUT2D eigenvalue weighted by atomic mass is 32.2. The van der Waals surface area contributed by atoms with Crippen molar-refractivity contribution in [3.8, 4) is 11.3 Å². The Bertz CT molecular complexity index is 1080. The highest BCUT2D eigenvalue weighted by Gasteiger charge is 2.16.